The second-order valence-corrected chi connectivity index (χ2v) is 12.3. The lowest BCUT2D eigenvalue weighted by atomic mass is 9.72. The molecule has 0 fully saturated rings. The first-order chi connectivity index (χ1) is 17.8. The van der Waals surface area contributed by atoms with Crippen molar-refractivity contribution in [2.24, 2.45) is 11.3 Å². The number of aldehydes is 1. The van der Waals surface area contributed by atoms with Gasteiger partial charge >= 0.3 is 0 Å². The van der Waals surface area contributed by atoms with Crippen LogP contribution in [-0.4, -0.2) is 6.29 Å². The van der Waals surface area contributed by atoms with Gasteiger partial charge in [-0.3, -0.25) is 0 Å². The predicted molar refractivity (Wildman–Crippen MR) is 166 cm³/mol. The maximum atomic E-state index is 11.6. The highest BCUT2D eigenvalue weighted by Gasteiger charge is 2.26. The van der Waals surface area contributed by atoms with E-state index in [1.54, 1.807) is 5.57 Å². The normalized spacial score (nSPS) is 17.8. The smallest absolute Gasteiger partial charge is 0.123 e. The molecule has 1 rings (SSSR count). The molecule has 0 heterocycles. The highest BCUT2D eigenvalue weighted by molar-refractivity contribution is 5.53. The van der Waals surface area contributed by atoms with Gasteiger partial charge < -0.3 is 4.79 Å². The van der Waals surface area contributed by atoms with E-state index >= 15 is 0 Å². The zero-order valence-electron chi connectivity index (χ0n) is 25.5. The van der Waals surface area contributed by atoms with Crippen molar-refractivity contribution in [1.82, 2.24) is 0 Å². The van der Waals surface area contributed by atoms with E-state index in [-0.39, 0.29) is 11.3 Å². The fourth-order valence-electron chi connectivity index (χ4n) is 5.53. The quantitative estimate of drug-likeness (QED) is 0.0907. The maximum absolute atomic E-state index is 11.6. The summed E-state index contributed by atoms with van der Waals surface area (Å²) in [7, 11) is 0. The molecule has 37 heavy (non-hydrogen) atoms. The third kappa shape index (κ3) is 16.0. The molecular formula is C36H60O. The van der Waals surface area contributed by atoms with Crippen molar-refractivity contribution >= 4 is 6.29 Å². The van der Waals surface area contributed by atoms with Gasteiger partial charge in [0.05, 0.1) is 0 Å². The Hall–Kier alpha value is -1.63. The number of hydrogen-bond acceptors (Lipinski definition) is 1. The third-order valence-electron chi connectivity index (χ3n) is 8.14. The summed E-state index contributed by atoms with van der Waals surface area (Å²) in [5.74, 6) is 0.169. The van der Waals surface area contributed by atoms with E-state index in [0.717, 1.165) is 12.8 Å². The minimum absolute atomic E-state index is 0.169. The number of carbonyl (C=O) groups excluding carboxylic acids is 1. The van der Waals surface area contributed by atoms with Crippen molar-refractivity contribution in [2.45, 2.75) is 151 Å². The highest BCUT2D eigenvalue weighted by atomic mass is 16.1. The number of hydrogen-bond donors (Lipinski definition) is 0. The molecule has 1 aliphatic rings. The van der Waals surface area contributed by atoms with Gasteiger partial charge in [-0.25, -0.2) is 0 Å². The van der Waals surface area contributed by atoms with Crippen LogP contribution in [0.15, 0.2) is 58.7 Å². The number of carbonyl (C=O) groups is 1. The molecule has 1 heteroatoms. The molecule has 0 saturated heterocycles. The van der Waals surface area contributed by atoms with E-state index in [0.29, 0.717) is 0 Å². The molecule has 1 atom stereocenters. The zero-order valence-corrected chi connectivity index (χ0v) is 25.5. The Balaban J connectivity index is 2.27. The van der Waals surface area contributed by atoms with Crippen LogP contribution in [0, 0.1) is 11.3 Å². The van der Waals surface area contributed by atoms with E-state index in [2.05, 4.69) is 78.0 Å². The lowest BCUT2D eigenvalue weighted by molar-refractivity contribution is -0.111. The lowest BCUT2D eigenvalue weighted by Gasteiger charge is -2.32. The van der Waals surface area contributed by atoms with Crippen LogP contribution in [0.2, 0.25) is 0 Å². The number of allylic oxidation sites excluding steroid dienone is 10. The molecule has 210 valence electrons. The van der Waals surface area contributed by atoms with Crippen LogP contribution in [0.25, 0.3) is 0 Å². The maximum Gasteiger partial charge on any atom is 0.123 e. The molecule has 0 aromatic carbocycles. The Morgan fingerprint density at radius 1 is 0.865 bits per heavy atom. The fourth-order valence-corrected chi connectivity index (χ4v) is 5.53. The minimum atomic E-state index is 0.169. The Bertz CT molecular complexity index is 770. The Labute approximate surface area is 231 Å². The van der Waals surface area contributed by atoms with Crippen molar-refractivity contribution in [1.29, 1.82) is 0 Å². The molecule has 0 aromatic rings. The van der Waals surface area contributed by atoms with Gasteiger partial charge in [0.25, 0.3) is 0 Å². The minimum Gasteiger partial charge on any atom is -0.303 e. The van der Waals surface area contributed by atoms with Crippen LogP contribution in [0.1, 0.15) is 151 Å². The second kappa shape index (κ2) is 20.3. The van der Waals surface area contributed by atoms with Crippen molar-refractivity contribution in [3.8, 4) is 0 Å². The zero-order chi connectivity index (χ0) is 27.4. The molecule has 1 aliphatic carbocycles. The van der Waals surface area contributed by atoms with Gasteiger partial charge in [0.1, 0.15) is 6.29 Å². The molecular weight excluding hydrogens is 448 g/mol. The molecule has 0 bridgehead atoms. The second-order valence-electron chi connectivity index (χ2n) is 12.3. The number of rotatable bonds is 20. The first-order valence-electron chi connectivity index (χ1n) is 15.7. The van der Waals surface area contributed by atoms with Crippen LogP contribution in [0.3, 0.4) is 0 Å². The molecule has 0 N–H and O–H groups in total. The lowest BCUT2D eigenvalue weighted by Crippen LogP contribution is -2.19. The van der Waals surface area contributed by atoms with Crippen molar-refractivity contribution in [3.05, 3.63) is 58.7 Å². The standard InChI is InChI=1S/C36H60O/c1-7-8-9-10-11-12-13-14-15-16-17-18-24-34(30-37)27-25-31(2)21-19-22-32(3)26-28-35-33(4)23-20-29-36(35,5)6/h19,21-22,25-26,28,30,34H,7-18,20,23-24,27,29H2,1-6H3. The summed E-state index contributed by atoms with van der Waals surface area (Å²) in [6.07, 6.45) is 36.6. The van der Waals surface area contributed by atoms with E-state index in [4.69, 9.17) is 0 Å². The first-order valence-corrected chi connectivity index (χ1v) is 15.7. The Morgan fingerprint density at radius 2 is 1.46 bits per heavy atom. The summed E-state index contributed by atoms with van der Waals surface area (Å²) in [6.45, 7) is 13.6. The molecule has 0 aromatic heterocycles. The summed E-state index contributed by atoms with van der Waals surface area (Å²) in [5.41, 5.74) is 5.85. The van der Waals surface area contributed by atoms with Gasteiger partial charge in [-0.1, -0.05) is 151 Å². The average Bonchev–Trinajstić information content (AvgIpc) is 2.85. The summed E-state index contributed by atoms with van der Waals surface area (Å²) >= 11 is 0. The van der Waals surface area contributed by atoms with Crippen LogP contribution in [-0.2, 0) is 4.79 Å². The van der Waals surface area contributed by atoms with Gasteiger partial charge in [0.2, 0.25) is 0 Å². The van der Waals surface area contributed by atoms with Crippen molar-refractivity contribution in [3.63, 3.8) is 0 Å². The average molecular weight is 509 g/mol. The van der Waals surface area contributed by atoms with Crippen molar-refractivity contribution in [2.75, 3.05) is 0 Å². The van der Waals surface area contributed by atoms with Crippen LogP contribution < -0.4 is 0 Å². The summed E-state index contributed by atoms with van der Waals surface area (Å²) in [4.78, 5) is 11.6. The Morgan fingerprint density at radius 3 is 2.03 bits per heavy atom. The molecule has 0 aliphatic heterocycles. The topological polar surface area (TPSA) is 17.1 Å². The monoisotopic (exact) mass is 508 g/mol. The van der Waals surface area contributed by atoms with E-state index < -0.39 is 0 Å². The third-order valence-corrected chi connectivity index (χ3v) is 8.14. The fraction of sp³-hybridized carbons (Fsp3) is 0.694. The largest absolute Gasteiger partial charge is 0.303 e. The predicted octanol–water partition coefficient (Wildman–Crippen LogP) is 11.8. The van der Waals surface area contributed by atoms with Gasteiger partial charge in [-0.2, -0.15) is 0 Å². The molecule has 0 radical (unpaired) electrons. The molecule has 1 unspecified atom stereocenters. The first kappa shape index (κ1) is 33.4. The van der Waals surface area contributed by atoms with Crippen LogP contribution in [0.4, 0.5) is 0 Å². The van der Waals surface area contributed by atoms with Crippen LogP contribution >= 0.6 is 0 Å². The summed E-state index contributed by atoms with van der Waals surface area (Å²) in [5, 5.41) is 0. The SMILES string of the molecule is CCCCCCCCCCCCCCC(C=O)CC=C(C)C=CC=C(C)C=CC1=C(C)CCCC1(C)C. The highest BCUT2D eigenvalue weighted by Crippen LogP contribution is 2.40. The van der Waals surface area contributed by atoms with E-state index in [1.165, 1.54) is 119 Å². The van der Waals surface area contributed by atoms with Crippen molar-refractivity contribution < 1.29 is 4.79 Å². The number of unbranched alkanes of at least 4 members (excludes halogenated alkanes) is 11. The molecule has 1 nitrogen and oxygen atoms in total. The Kier molecular flexibility index (Phi) is 18.4. The van der Waals surface area contributed by atoms with Gasteiger partial charge in [0, 0.05) is 5.92 Å². The van der Waals surface area contributed by atoms with Gasteiger partial charge in [0.15, 0.2) is 0 Å². The molecule has 0 spiro atoms. The van der Waals surface area contributed by atoms with E-state index in [1.807, 2.05) is 0 Å². The molecule has 0 saturated carbocycles. The van der Waals surface area contributed by atoms with Crippen LogP contribution in [0.5, 0.6) is 0 Å². The van der Waals surface area contributed by atoms with Gasteiger partial charge in [-0.15, -0.1) is 0 Å². The molecule has 0 amide bonds. The summed E-state index contributed by atoms with van der Waals surface area (Å²) < 4.78 is 0. The summed E-state index contributed by atoms with van der Waals surface area (Å²) in [6, 6.07) is 0. The van der Waals surface area contributed by atoms with E-state index in [9.17, 15) is 4.79 Å². The van der Waals surface area contributed by atoms with Gasteiger partial charge in [-0.05, 0) is 63.9 Å².